The minimum absolute atomic E-state index is 0.137. The van der Waals surface area contributed by atoms with Crippen molar-refractivity contribution in [2.45, 2.75) is 133 Å². The summed E-state index contributed by atoms with van der Waals surface area (Å²) in [5.41, 5.74) is -0.0817. The lowest BCUT2D eigenvalue weighted by atomic mass is 9.48. The first-order valence-electron chi connectivity index (χ1n) is 15.7. The zero-order valence-electron chi connectivity index (χ0n) is 26.2. The maximum atomic E-state index is 13.5. The van der Waals surface area contributed by atoms with Gasteiger partial charge in [-0.05, 0) is 104 Å². The van der Waals surface area contributed by atoms with E-state index in [0.717, 1.165) is 43.8 Å². The first-order valence-corrected chi connectivity index (χ1v) is 15.7. The Labute approximate surface area is 249 Å². The number of hydrogen-bond donors (Lipinski definition) is 2. The molecule has 9 heteroatoms. The summed E-state index contributed by atoms with van der Waals surface area (Å²) in [6, 6.07) is 2.82. The lowest BCUT2D eigenvalue weighted by molar-refractivity contribution is -0.208. The van der Waals surface area contributed by atoms with Gasteiger partial charge in [0.25, 0.3) is 0 Å². The maximum Gasteiger partial charge on any atom is 0.324 e. The van der Waals surface area contributed by atoms with E-state index in [2.05, 4.69) is 16.3 Å². The van der Waals surface area contributed by atoms with Crippen LogP contribution < -0.4 is 10.1 Å². The van der Waals surface area contributed by atoms with Gasteiger partial charge in [0.05, 0.1) is 17.4 Å². The van der Waals surface area contributed by atoms with Crippen LogP contribution in [0.5, 0.6) is 11.5 Å². The van der Waals surface area contributed by atoms with Gasteiger partial charge < -0.3 is 24.1 Å². The Morgan fingerprint density at radius 3 is 2.45 bits per heavy atom. The fraction of sp³-hybridized carbons (Fsp3) is 0.758. The summed E-state index contributed by atoms with van der Waals surface area (Å²) < 4.78 is 24.8. The molecule has 1 aromatic carbocycles. The van der Waals surface area contributed by atoms with E-state index < -0.39 is 40.2 Å². The number of carbonyl (C=O) groups is 2. The van der Waals surface area contributed by atoms with Gasteiger partial charge in [0.2, 0.25) is 0 Å². The van der Waals surface area contributed by atoms with Crippen molar-refractivity contribution in [2.75, 3.05) is 20.2 Å². The summed E-state index contributed by atoms with van der Waals surface area (Å²) in [6.45, 7) is 12.9. The van der Waals surface area contributed by atoms with Gasteiger partial charge in [0.1, 0.15) is 23.3 Å². The second-order valence-corrected chi connectivity index (χ2v) is 15.1. The van der Waals surface area contributed by atoms with Crippen LogP contribution in [0.15, 0.2) is 12.1 Å². The number of methoxy groups -OCH3 is 1. The number of piperidine rings is 1. The number of phenolic OH excluding ortho intramolecular Hbond substituents is 1. The van der Waals surface area contributed by atoms with E-state index in [4.69, 9.17) is 18.9 Å². The molecule has 2 aliphatic heterocycles. The summed E-state index contributed by atoms with van der Waals surface area (Å²) in [5, 5.41) is 14.5. The summed E-state index contributed by atoms with van der Waals surface area (Å²) in [4.78, 5) is 29.1. The van der Waals surface area contributed by atoms with E-state index in [0.29, 0.717) is 12.2 Å². The van der Waals surface area contributed by atoms with Crippen LogP contribution >= 0.6 is 0 Å². The van der Waals surface area contributed by atoms with E-state index >= 15 is 0 Å². The Bertz CT molecular complexity index is 1250. The summed E-state index contributed by atoms with van der Waals surface area (Å²) in [7, 11) is 1.83. The smallest absolute Gasteiger partial charge is 0.324 e. The van der Waals surface area contributed by atoms with Crippen LogP contribution in [0.4, 0.5) is 0 Å². The first kappa shape index (κ1) is 29.7. The fourth-order valence-electron chi connectivity index (χ4n) is 8.43. The third kappa shape index (κ3) is 4.89. The van der Waals surface area contributed by atoms with Crippen molar-refractivity contribution < 1.29 is 33.6 Å². The minimum Gasteiger partial charge on any atom is -0.504 e. The number of phenols is 1. The highest BCUT2D eigenvalue weighted by molar-refractivity contribution is 5.83. The monoisotopic (exact) mass is 584 g/mol. The molecule has 2 N–H and O–H groups in total. The van der Waals surface area contributed by atoms with E-state index in [1.807, 2.05) is 48.7 Å². The number of hydrogen-bond acceptors (Lipinski definition) is 9. The molecule has 2 bridgehead atoms. The molecule has 2 unspecified atom stereocenters. The van der Waals surface area contributed by atoms with Gasteiger partial charge in [-0.15, -0.1) is 0 Å². The molecule has 6 atom stereocenters. The molecular formula is C33H48N2O7. The third-order valence-electron chi connectivity index (χ3n) is 9.98. The molecule has 2 heterocycles. The van der Waals surface area contributed by atoms with E-state index in [1.165, 1.54) is 18.4 Å². The molecule has 1 saturated heterocycles. The standard InChI is InChI=1S/C33H48N2O7/c1-30(2,3)41-25(37)17-22(29(38)42-31(4,5)6)34-21-12-13-33(39-7)24-16-20-10-11-23(36)27-26(20)32(33,28(21)40-27)14-15-35(24)18-19-8-9-19/h10-11,19,21-22,24,28,34,36H,8-9,12-18H2,1-7H3/t21-,22+,24?,28+,32?,33-/m1/s1. The highest BCUT2D eigenvalue weighted by Crippen LogP contribution is 2.66. The molecule has 6 rings (SSSR count). The van der Waals surface area contributed by atoms with Crippen molar-refractivity contribution in [2.24, 2.45) is 5.92 Å². The van der Waals surface area contributed by atoms with Crippen molar-refractivity contribution in [1.82, 2.24) is 10.2 Å². The minimum atomic E-state index is -0.912. The van der Waals surface area contributed by atoms with Crippen LogP contribution in [0.2, 0.25) is 0 Å². The Balaban J connectivity index is 1.36. The number of rotatable bonds is 8. The highest BCUT2D eigenvalue weighted by atomic mass is 16.6. The van der Waals surface area contributed by atoms with Gasteiger partial charge in [-0.2, -0.15) is 0 Å². The molecular weight excluding hydrogens is 536 g/mol. The highest BCUT2D eigenvalue weighted by Gasteiger charge is 2.74. The van der Waals surface area contributed by atoms with Gasteiger partial charge >= 0.3 is 11.9 Å². The van der Waals surface area contributed by atoms with Gasteiger partial charge in [-0.3, -0.25) is 19.8 Å². The molecule has 3 aliphatic carbocycles. The van der Waals surface area contributed by atoms with Crippen molar-refractivity contribution in [3.8, 4) is 11.5 Å². The maximum absolute atomic E-state index is 13.5. The SMILES string of the molecule is CO[C@@]12CC[C@@H](N[C@@H](CC(=O)OC(C)(C)C)C(=O)OC(C)(C)C)[C@@H]3Oc4c(O)ccc5c4C31CCN(CC1CC1)C2C5. The molecule has 1 aromatic rings. The Morgan fingerprint density at radius 2 is 1.81 bits per heavy atom. The second kappa shape index (κ2) is 10.1. The number of aromatic hydroxyl groups is 1. The zero-order valence-corrected chi connectivity index (χ0v) is 26.2. The average Bonchev–Trinajstić information content (AvgIpc) is 3.62. The Morgan fingerprint density at radius 1 is 1.10 bits per heavy atom. The molecule has 1 spiro atoms. The number of likely N-dealkylation sites (tertiary alicyclic amines) is 1. The summed E-state index contributed by atoms with van der Waals surface area (Å²) in [6.07, 6.45) is 5.20. The van der Waals surface area contributed by atoms with Gasteiger partial charge in [0, 0.05) is 31.3 Å². The predicted molar refractivity (Wildman–Crippen MR) is 157 cm³/mol. The van der Waals surface area contributed by atoms with Crippen molar-refractivity contribution in [1.29, 1.82) is 0 Å². The third-order valence-corrected chi connectivity index (χ3v) is 9.98. The molecule has 5 aliphatic rings. The van der Waals surface area contributed by atoms with Gasteiger partial charge in [-0.25, -0.2) is 0 Å². The van der Waals surface area contributed by atoms with Crippen LogP contribution in [0.3, 0.4) is 0 Å². The van der Waals surface area contributed by atoms with E-state index in [9.17, 15) is 14.7 Å². The Kier molecular flexibility index (Phi) is 7.14. The molecule has 232 valence electrons. The van der Waals surface area contributed by atoms with Crippen LogP contribution in [-0.2, 0) is 35.6 Å². The lowest BCUT2D eigenvalue weighted by Crippen LogP contribution is -2.79. The van der Waals surface area contributed by atoms with Crippen LogP contribution in [0, 0.1) is 5.92 Å². The van der Waals surface area contributed by atoms with E-state index in [-0.39, 0.29) is 30.4 Å². The second-order valence-electron chi connectivity index (χ2n) is 15.1. The predicted octanol–water partition coefficient (Wildman–Crippen LogP) is 4.01. The van der Waals surface area contributed by atoms with E-state index in [1.54, 1.807) is 6.07 Å². The largest absolute Gasteiger partial charge is 0.504 e. The zero-order chi connectivity index (χ0) is 30.2. The molecule has 0 aromatic heterocycles. The van der Waals surface area contributed by atoms with Gasteiger partial charge in [-0.1, -0.05) is 6.07 Å². The van der Waals surface area contributed by atoms with Crippen molar-refractivity contribution in [3.05, 3.63) is 23.3 Å². The van der Waals surface area contributed by atoms with Crippen LogP contribution in [-0.4, -0.2) is 83.2 Å². The number of nitrogens with zero attached hydrogens (tertiary/aromatic N) is 1. The van der Waals surface area contributed by atoms with Crippen molar-refractivity contribution >= 4 is 11.9 Å². The quantitative estimate of drug-likeness (QED) is 0.439. The van der Waals surface area contributed by atoms with Gasteiger partial charge in [0.15, 0.2) is 11.5 Å². The summed E-state index contributed by atoms with van der Waals surface area (Å²) in [5.74, 6) is 0.489. The molecule has 42 heavy (non-hydrogen) atoms. The Hall–Kier alpha value is -2.36. The average molecular weight is 585 g/mol. The van der Waals surface area contributed by atoms with Crippen LogP contribution in [0.25, 0.3) is 0 Å². The molecule has 2 saturated carbocycles. The topological polar surface area (TPSA) is 107 Å². The number of ether oxygens (including phenoxy) is 4. The number of nitrogens with one attached hydrogen (secondary N) is 1. The normalized spacial score (nSPS) is 32.5. The number of esters is 2. The summed E-state index contributed by atoms with van der Waals surface area (Å²) >= 11 is 0. The number of benzene rings is 1. The van der Waals surface area contributed by atoms with Crippen LogP contribution in [0.1, 0.15) is 91.2 Å². The number of carbonyl (C=O) groups excluding carboxylic acids is 2. The van der Waals surface area contributed by atoms with Crippen molar-refractivity contribution in [3.63, 3.8) is 0 Å². The molecule has 3 fully saturated rings. The molecule has 0 radical (unpaired) electrons. The first-order chi connectivity index (χ1) is 19.7. The fourth-order valence-corrected chi connectivity index (χ4v) is 8.43. The lowest BCUT2D eigenvalue weighted by Gasteiger charge is -2.65. The molecule has 0 amide bonds. The molecule has 9 nitrogen and oxygen atoms in total.